The molecule has 0 aliphatic carbocycles. The molecule has 0 radical (unpaired) electrons. The van der Waals surface area contributed by atoms with Crippen molar-refractivity contribution < 1.29 is 13.3 Å². The van der Waals surface area contributed by atoms with Gasteiger partial charge in [-0.05, 0) is 49.8 Å². The zero-order chi connectivity index (χ0) is 19.5. The number of hydrogen-bond acceptors (Lipinski definition) is 6. The van der Waals surface area contributed by atoms with Crippen molar-refractivity contribution in [2.45, 2.75) is 18.7 Å². The van der Waals surface area contributed by atoms with Crippen molar-refractivity contribution in [1.82, 2.24) is 5.43 Å². The van der Waals surface area contributed by atoms with Gasteiger partial charge in [-0.3, -0.25) is 21.0 Å². The molecule has 0 heterocycles. The van der Waals surface area contributed by atoms with E-state index in [1.54, 1.807) is 0 Å². The quantitative estimate of drug-likeness (QED) is 0.343. The van der Waals surface area contributed by atoms with Crippen molar-refractivity contribution in [1.29, 1.82) is 0 Å². The summed E-state index contributed by atoms with van der Waals surface area (Å²) in [5, 5.41) is 19.3. The fraction of sp³-hybridized carbons (Fsp3) is 0.133. The number of primary sulfonamides is 1. The summed E-state index contributed by atoms with van der Waals surface area (Å²) in [6.07, 6.45) is 0. The highest BCUT2D eigenvalue weighted by Crippen LogP contribution is 2.26. The largest absolute Gasteiger partial charge is 0.331 e. The fourth-order valence-corrected chi connectivity index (χ4v) is 2.87. The molecule has 11 heteroatoms. The van der Waals surface area contributed by atoms with E-state index in [0.717, 1.165) is 28.9 Å². The van der Waals surface area contributed by atoms with Gasteiger partial charge in [-0.15, -0.1) is 0 Å². The van der Waals surface area contributed by atoms with Crippen molar-refractivity contribution >= 4 is 44.4 Å². The van der Waals surface area contributed by atoms with Gasteiger partial charge >= 0.3 is 0 Å². The van der Waals surface area contributed by atoms with E-state index in [2.05, 4.69) is 16.2 Å². The number of benzene rings is 2. The van der Waals surface area contributed by atoms with Crippen molar-refractivity contribution in [2.24, 2.45) is 5.14 Å². The summed E-state index contributed by atoms with van der Waals surface area (Å²) in [7, 11) is -4.05. The van der Waals surface area contributed by atoms with E-state index in [9.17, 15) is 18.5 Å². The molecule has 0 fully saturated rings. The second-order valence-electron chi connectivity index (χ2n) is 5.50. The van der Waals surface area contributed by atoms with E-state index in [0.29, 0.717) is 0 Å². The third kappa shape index (κ3) is 4.88. The fourth-order valence-electron chi connectivity index (χ4n) is 2.18. The molecule has 0 unspecified atom stereocenters. The van der Waals surface area contributed by atoms with Gasteiger partial charge in [0.05, 0.1) is 9.82 Å². The molecule has 0 atom stereocenters. The molecule has 0 aliphatic rings. The number of hydrogen-bond donors (Lipinski definition) is 4. The molecule has 2 aromatic rings. The Hall–Kier alpha value is -2.76. The van der Waals surface area contributed by atoms with Crippen LogP contribution in [0.2, 0.25) is 0 Å². The lowest BCUT2D eigenvalue weighted by atomic mass is 10.1. The maximum Gasteiger partial charge on any atom is 0.295 e. The van der Waals surface area contributed by atoms with Crippen LogP contribution in [0.25, 0.3) is 0 Å². The predicted octanol–water partition coefficient (Wildman–Crippen LogP) is 2.17. The zero-order valence-electron chi connectivity index (χ0n) is 13.9. The van der Waals surface area contributed by atoms with Crippen molar-refractivity contribution in [3.05, 3.63) is 57.6 Å². The lowest BCUT2D eigenvalue weighted by Crippen LogP contribution is -2.33. The van der Waals surface area contributed by atoms with Gasteiger partial charge in [0.15, 0.2) is 5.11 Å². The van der Waals surface area contributed by atoms with E-state index in [-0.39, 0.29) is 15.7 Å². The Kier molecular flexibility index (Phi) is 5.75. The number of nitrogens with two attached hydrogens (primary N) is 1. The number of hydrazine groups is 1. The van der Waals surface area contributed by atoms with E-state index in [1.807, 2.05) is 32.0 Å². The normalized spacial score (nSPS) is 10.9. The van der Waals surface area contributed by atoms with E-state index >= 15 is 0 Å². The third-order valence-corrected chi connectivity index (χ3v) is 4.55. The van der Waals surface area contributed by atoms with Gasteiger partial charge in [0, 0.05) is 11.8 Å². The summed E-state index contributed by atoms with van der Waals surface area (Å²) < 4.78 is 22.7. The molecule has 5 N–H and O–H groups in total. The summed E-state index contributed by atoms with van der Waals surface area (Å²) in [4.78, 5) is 10.1. The maximum atomic E-state index is 11.3. The summed E-state index contributed by atoms with van der Waals surface area (Å²) in [5.74, 6) is 0. The summed E-state index contributed by atoms with van der Waals surface area (Å²) in [6.45, 7) is 3.89. The smallest absolute Gasteiger partial charge is 0.295 e. The molecule has 0 spiro atoms. The Bertz CT molecular complexity index is 976. The first-order chi connectivity index (χ1) is 12.1. The molecule has 9 nitrogen and oxygen atoms in total. The minimum absolute atomic E-state index is 0.0344. The molecule has 0 aromatic heterocycles. The number of rotatable bonds is 5. The maximum absolute atomic E-state index is 11.3. The van der Waals surface area contributed by atoms with Crippen LogP contribution in [0.3, 0.4) is 0 Å². The number of anilines is 2. The van der Waals surface area contributed by atoms with Gasteiger partial charge in [0.2, 0.25) is 10.0 Å². The SMILES string of the molecule is Cc1ccc(NC(=S)NNc2ccc(S(N)(=O)=O)cc2[N+](=O)[O-])c(C)c1. The molecular formula is C15H17N5O4S2. The Morgan fingerprint density at radius 2 is 1.81 bits per heavy atom. The van der Waals surface area contributed by atoms with Crippen LogP contribution in [0, 0.1) is 24.0 Å². The molecule has 2 aromatic carbocycles. The highest BCUT2D eigenvalue weighted by atomic mass is 32.2. The molecule has 0 bridgehead atoms. The monoisotopic (exact) mass is 395 g/mol. The molecule has 0 amide bonds. The topological polar surface area (TPSA) is 139 Å². The Labute approximate surface area is 155 Å². The molecule has 26 heavy (non-hydrogen) atoms. The first-order valence-corrected chi connectivity index (χ1v) is 9.25. The standard InChI is InChI=1S/C15H17N5O4S2/c1-9-3-5-12(10(2)7-9)17-15(25)19-18-13-6-4-11(26(16,23)24)8-14(13)20(21)22/h3-8,18H,1-2H3,(H2,16,23,24)(H2,17,19,25). The van der Waals surface area contributed by atoms with Crippen molar-refractivity contribution in [3.63, 3.8) is 0 Å². The van der Waals surface area contributed by atoms with Gasteiger partial charge < -0.3 is 5.32 Å². The van der Waals surface area contributed by atoms with Crippen LogP contribution in [0.5, 0.6) is 0 Å². The average Bonchev–Trinajstić information content (AvgIpc) is 2.54. The molecule has 138 valence electrons. The number of nitro groups is 1. The highest BCUT2D eigenvalue weighted by Gasteiger charge is 2.19. The number of aryl methyl sites for hydroxylation is 2. The van der Waals surface area contributed by atoms with Crippen LogP contribution in [-0.2, 0) is 10.0 Å². The van der Waals surface area contributed by atoms with Crippen LogP contribution in [0.4, 0.5) is 17.1 Å². The zero-order valence-corrected chi connectivity index (χ0v) is 15.6. The van der Waals surface area contributed by atoms with Gasteiger partial charge in [-0.2, -0.15) is 0 Å². The molecule has 2 rings (SSSR count). The second kappa shape index (κ2) is 7.64. The average molecular weight is 395 g/mol. The molecule has 0 saturated carbocycles. The summed E-state index contributed by atoms with van der Waals surface area (Å²) in [6, 6.07) is 9.02. The molecular weight excluding hydrogens is 378 g/mol. The minimum atomic E-state index is -4.05. The van der Waals surface area contributed by atoms with E-state index in [1.165, 1.54) is 6.07 Å². The first-order valence-electron chi connectivity index (χ1n) is 7.29. The van der Waals surface area contributed by atoms with Crippen molar-refractivity contribution in [3.8, 4) is 0 Å². The number of thiocarbonyl (C=S) groups is 1. The van der Waals surface area contributed by atoms with Crippen LogP contribution in [-0.4, -0.2) is 18.5 Å². The van der Waals surface area contributed by atoms with Crippen LogP contribution < -0.4 is 21.3 Å². The third-order valence-electron chi connectivity index (χ3n) is 3.44. The number of nitrogens with one attached hydrogen (secondary N) is 3. The highest BCUT2D eigenvalue weighted by molar-refractivity contribution is 7.89. The Morgan fingerprint density at radius 3 is 2.38 bits per heavy atom. The predicted molar refractivity (Wildman–Crippen MR) is 103 cm³/mol. The van der Waals surface area contributed by atoms with E-state index in [4.69, 9.17) is 17.4 Å². The summed E-state index contributed by atoms with van der Waals surface area (Å²) >= 11 is 5.15. The van der Waals surface area contributed by atoms with Gasteiger partial charge in [-0.1, -0.05) is 17.7 Å². The van der Waals surface area contributed by atoms with Gasteiger partial charge in [-0.25, -0.2) is 13.6 Å². The van der Waals surface area contributed by atoms with Gasteiger partial charge in [0.1, 0.15) is 5.69 Å². The van der Waals surface area contributed by atoms with Crippen LogP contribution in [0.15, 0.2) is 41.3 Å². The first kappa shape index (κ1) is 19.6. The van der Waals surface area contributed by atoms with E-state index < -0.39 is 20.6 Å². The number of nitro benzene ring substituents is 1. The molecule has 0 saturated heterocycles. The van der Waals surface area contributed by atoms with Gasteiger partial charge in [0.25, 0.3) is 5.69 Å². The second-order valence-corrected chi connectivity index (χ2v) is 7.47. The number of nitrogens with zero attached hydrogens (tertiary/aromatic N) is 1. The number of sulfonamides is 1. The summed E-state index contributed by atoms with van der Waals surface area (Å²) in [5.41, 5.74) is 7.67. The Balaban J connectivity index is 2.13. The van der Waals surface area contributed by atoms with Crippen molar-refractivity contribution in [2.75, 3.05) is 10.7 Å². The molecule has 0 aliphatic heterocycles. The lowest BCUT2D eigenvalue weighted by molar-refractivity contribution is -0.384. The minimum Gasteiger partial charge on any atom is -0.331 e. The Morgan fingerprint density at radius 1 is 1.15 bits per heavy atom. The van der Waals surface area contributed by atoms with Crippen LogP contribution >= 0.6 is 12.2 Å². The van der Waals surface area contributed by atoms with Crippen LogP contribution in [0.1, 0.15) is 11.1 Å². The lowest BCUT2D eigenvalue weighted by Gasteiger charge is -2.14.